The fourth-order valence-electron chi connectivity index (χ4n) is 2.02. The Morgan fingerprint density at radius 2 is 2.42 bits per heavy atom. The fourth-order valence-corrected chi connectivity index (χ4v) is 4.73. The Morgan fingerprint density at radius 3 is 3.05 bits per heavy atom. The Kier molecular flexibility index (Phi) is 4.88. The van der Waals surface area contributed by atoms with E-state index in [1.165, 1.54) is 10.5 Å². The molecule has 0 spiro atoms. The van der Waals surface area contributed by atoms with Crippen molar-refractivity contribution < 1.29 is 8.42 Å². The Balaban J connectivity index is 2.12. The van der Waals surface area contributed by atoms with Crippen LogP contribution in [-0.4, -0.2) is 53.6 Å². The molecule has 2 heterocycles. The van der Waals surface area contributed by atoms with Crippen molar-refractivity contribution in [2.75, 3.05) is 25.1 Å². The summed E-state index contributed by atoms with van der Waals surface area (Å²) in [6.07, 6.45) is 4.71. The van der Waals surface area contributed by atoms with Crippen molar-refractivity contribution in [3.63, 3.8) is 0 Å². The van der Waals surface area contributed by atoms with E-state index in [1.807, 2.05) is 0 Å². The van der Waals surface area contributed by atoms with E-state index in [0.29, 0.717) is 13.1 Å². The third-order valence-electron chi connectivity index (χ3n) is 3.30. The predicted octanol–water partition coefficient (Wildman–Crippen LogP) is 0.358. The Bertz CT molecular complexity index is 509. The maximum Gasteiger partial charge on any atom is 0.246 e. The number of sulfonamides is 1. The van der Waals surface area contributed by atoms with E-state index < -0.39 is 10.0 Å². The largest absolute Gasteiger partial charge is 0.330 e. The highest BCUT2D eigenvalue weighted by Crippen LogP contribution is 2.25. The number of aryl methyl sites for hydroxylation is 1. The van der Waals surface area contributed by atoms with Gasteiger partial charge in [0.1, 0.15) is 4.90 Å². The van der Waals surface area contributed by atoms with Crippen LogP contribution in [-0.2, 0) is 16.6 Å². The summed E-state index contributed by atoms with van der Waals surface area (Å²) < 4.78 is 28.0. The highest BCUT2D eigenvalue weighted by atomic mass is 32.2. The van der Waals surface area contributed by atoms with Crippen LogP contribution in [0.3, 0.4) is 0 Å². The van der Waals surface area contributed by atoms with Crippen LogP contribution in [0.2, 0.25) is 0 Å². The van der Waals surface area contributed by atoms with Crippen LogP contribution in [0.1, 0.15) is 12.8 Å². The van der Waals surface area contributed by atoms with Crippen molar-refractivity contribution in [2.24, 2.45) is 5.73 Å². The molecule has 8 heteroatoms. The second-order valence-corrected chi connectivity index (χ2v) is 7.77. The summed E-state index contributed by atoms with van der Waals surface area (Å²) in [5.74, 6) is 1.90. The molecule has 19 heavy (non-hydrogen) atoms. The third-order valence-corrected chi connectivity index (χ3v) is 6.31. The van der Waals surface area contributed by atoms with Gasteiger partial charge in [-0.15, -0.1) is 0 Å². The minimum atomic E-state index is -3.42. The summed E-state index contributed by atoms with van der Waals surface area (Å²) in [5, 5.41) is 4.08. The van der Waals surface area contributed by atoms with Gasteiger partial charge < -0.3 is 5.73 Å². The Hall–Kier alpha value is -0.570. The van der Waals surface area contributed by atoms with E-state index in [2.05, 4.69) is 5.10 Å². The molecule has 1 aromatic rings. The van der Waals surface area contributed by atoms with Gasteiger partial charge in [-0.3, -0.25) is 4.68 Å². The molecule has 1 aromatic heterocycles. The van der Waals surface area contributed by atoms with Crippen LogP contribution in [0.5, 0.6) is 0 Å². The molecule has 108 valence electrons. The lowest BCUT2D eigenvalue weighted by Gasteiger charge is -2.22. The molecule has 1 aliphatic rings. The van der Waals surface area contributed by atoms with E-state index in [4.69, 9.17) is 5.73 Å². The first-order chi connectivity index (χ1) is 9.05. The van der Waals surface area contributed by atoms with Gasteiger partial charge in [-0.05, 0) is 25.1 Å². The summed E-state index contributed by atoms with van der Waals surface area (Å²) in [5.41, 5.74) is 5.43. The van der Waals surface area contributed by atoms with Crippen molar-refractivity contribution >= 4 is 21.8 Å². The smallest absolute Gasteiger partial charge is 0.246 e. The number of rotatable bonds is 6. The maximum absolute atomic E-state index is 12.4. The van der Waals surface area contributed by atoms with Crippen LogP contribution in [0.4, 0.5) is 0 Å². The normalized spacial score (nSPS) is 20.3. The van der Waals surface area contributed by atoms with Gasteiger partial charge in [0.25, 0.3) is 0 Å². The minimum Gasteiger partial charge on any atom is -0.330 e. The van der Waals surface area contributed by atoms with Crippen molar-refractivity contribution in [2.45, 2.75) is 30.3 Å². The fraction of sp³-hybridized carbons (Fsp3) is 0.727. The number of nitrogens with zero attached hydrogens (tertiary/aromatic N) is 3. The van der Waals surface area contributed by atoms with Gasteiger partial charge in [0.2, 0.25) is 10.0 Å². The summed E-state index contributed by atoms with van der Waals surface area (Å²) >= 11 is 1.80. The van der Waals surface area contributed by atoms with E-state index >= 15 is 0 Å². The van der Waals surface area contributed by atoms with E-state index in [-0.39, 0.29) is 10.9 Å². The highest BCUT2D eigenvalue weighted by molar-refractivity contribution is 7.99. The lowest BCUT2D eigenvalue weighted by Crippen LogP contribution is -2.36. The van der Waals surface area contributed by atoms with Crippen molar-refractivity contribution in [3.8, 4) is 0 Å². The molecule has 0 aliphatic carbocycles. The quantitative estimate of drug-likeness (QED) is 0.820. The van der Waals surface area contributed by atoms with Crippen LogP contribution in [0.25, 0.3) is 0 Å². The molecule has 0 amide bonds. The molecule has 1 unspecified atom stereocenters. The molecule has 1 atom stereocenters. The number of hydrogen-bond acceptors (Lipinski definition) is 5. The average molecular weight is 304 g/mol. The number of aromatic nitrogens is 2. The van der Waals surface area contributed by atoms with Crippen LogP contribution >= 0.6 is 11.8 Å². The summed E-state index contributed by atoms with van der Waals surface area (Å²) in [6, 6.07) is 0.0994. The van der Waals surface area contributed by atoms with E-state index in [1.54, 1.807) is 29.7 Å². The molecule has 1 fully saturated rings. The first-order valence-corrected chi connectivity index (χ1v) is 8.93. The number of thioether (sulfide) groups is 1. The van der Waals surface area contributed by atoms with Crippen molar-refractivity contribution in [3.05, 3.63) is 12.4 Å². The van der Waals surface area contributed by atoms with E-state index in [9.17, 15) is 8.42 Å². The SMILES string of the molecule is CN(C1CCSC1)S(=O)(=O)c1cnn(CCCN)c1. The topological polar surface area (TPSA) is 81.2 Å². The Labute approximate surface area is 118 Å². The molecular formula is C11H20N4O2S2. The van der Waals surface area contributed by atoms with Crippen LogP contribution < -0.4 is 5.73 Å². The first-order valence-electron chi connectivity index (χ1n) is 6.34. The second-order valence-electron chi connectivity index (χ2n) is 4.62. The van der Waals surface area contributed by atoms with Gasteiger partial charge in [-0.25, -0.2) is 8.42 Å². The predicted molar refractivity (Wildman–Crippen MR) is 76.6 cm³/mol. The second kappa shape index (κ2) is 6.25. The molecule has 0 saturated carbocycles. The molecule has 0 aromatic carbocycles. The molecule has 2 N–H and O–H groups in total. The van der Waals surface area contributed by atoms with Gasteiger partial charge in [-0.1, -0.05) is 0 Å². The molecule has 2 rings (SSSR count). The zero-order valence-electron chi connectivity index (χ0n) is 11.0. The van der Waals surface area contributed by atoms with Gasteiger partial charge in [0, 0.05) is 31.6 Å². The minimum absolute atomic E-state index is 0.0994. The zero-order chi connectivity index (χ0) is 13.9. The molecule has 0 bridgehead atoms. The number of hydrogen-bond donors (Lipinski definition) is 1. The van der Waals surface area contributed by atoms with Gasteiger partial charge in [-0.2, -0.15) is 21.2 Å². The number of nitrogens with two attached hydrogens (primary N) is 1. The Morgan fingerprint density at radius 1 is 1.63 bits per heavy atom. The highest BCUT2D eigenvalue weighted by Gasteiger charge is 2.31. The van der Waals surface area contributed by atoms with Crippen LogP contribution in [0, 0.1) is 0 Å². The van der Waals surface area contributed by atoms with Gasteiger partial charge >= 0.3 is 0 Å². The lowest BCUT2D eigenvalue weighted by molar-refractivity contribution is 0.394. The summed E-state index contributed by atoms with van der Waals surface area (Å²) in [6.45, 7) is 1.22. The average Bonchev–Trinajstić information content (AvgIpc) is 3.06. The first kappa shape index (κ1) is 14.8. The monoisotopic (exact) mass is 304 g/mol. The molecule has 6 nitrogen and oxygen atoms in total. The standard InChI is InChI=1S/C11H20N4O2S2/c1-14(10-3-6-18-9-10)19(16,17)11-7-13-15(8-11)5-2-4-12/h7-8,10H,2-6,9,12H2,1H3. The van der Waals surface area contributed by atoms with Crippen molar-refractivity contribution in [1.29, 1.82) is 0 Å². The molecular weight excluding hydrogens is 284 g/mol. The lowest BCUT2D eigenvalue weighted by atomic mass is 10.3. The van der Waals surface area contributed by atoms with Gasteiger partial charge in [0.05, 0.1) is 6.20 Å². The van der Waals surface area contributed by atoms with Gasteiger partial charge in [0.15, 0.2) is 0 Å². The maximum atomic E-state index is 12.4. The van der Waals surface area contributed by atoms with Crippen LogP contribution in [0.15, 0.2) is 17.3 Å². The molecule has 1 saturated heterocycles. The van der Waals surface area contributed by atoms with Crippen molar-refractivity contribution in [1.82, 2.24) is 14.1 Å². The summed E-state index contributed by atoms with van der Waals surface area (Å²) in [7, 11) is -1.77. The zero-order valence-corrected chi connectivity index (χ0v) is 12.7. The molecule has 0 radical (unpaired) electrons. The summed E-state index contributed by atoms with van der Waals surface area (Å²) in [4.78, 5) is 0.268. The molecule has 1 aliphatic heterocycles. The van der Waals surface area contributed by atoms with E-state index in [0.717, 1.165) is 24.3 Å². The third kappa shape index (κ3) is 3.31.